The van der Waals surface area contributed by atoms with Crippen LogP contribution in [0, 0.1) is 0 Å². The molecule has 0 aliphatic carbocycles. The Morgan fingerprint density at radius 3 is 2.29 bits per heavy atom. The molecule has 0 amide bonds. The fourth-order valence-electron chi connectivity index (χ4n) is 1.78. The van der Waals surface area contributed by atoms with Crippen molar-refractivity contribution in [1.82, 2.24) is 0 Å². The summed E-state index contributed by atoms with van der Waals surface area (Å²) in [6.07, 6.45) is 0.0314. The Hall–Kier alpha value is -2.24. The molecule has 1 aliphatic rings. The number of hydrogen-bond donors (Lipinski definition) is 2. The summed E-state index contributed by atoms with van der Waals surface area (Å²) in [5.41, 5.74) is -0.937. The highest BCUT2D eigenvalue weighted by atomic mass is 16.4. The standard InChI is InChI=1S/C11H10N2O4/c14-9(15)8-11(10(16)17,13-12-8)6-7-4-2-1-3-5-7/h1-5,8H,6H2,(H,14,15)(H,16,17). The van der Waals surface area contributed by atoms with Crippen molar-refractivity contribution >= 4 is 11.9 Å². The van der Waals surface area contributed by atoms with E-state index >= 15 is 0 Å². The van der Waals surface area contributed by atoms with Gasteiger partial charge in [0.1, 0.15) is 0 Å². The largest absolute Gasteiger partial charge is 0.480 e. The number of aliphatic carboxylic acids is 2. The van der Waals surface area contributed by atoms with Gasteiger partial charge in [0.25, 0.3) is 0 Å². The minimum absolute atomic E-state index is 0.0314. The van der Waals surface area contributed by atoms with Crippen molar-refractivity contribution in [3.8, 4) is 0 Å². The Kier molecular flexibility index (Phi) is 2.63. The SMILES string of the molecule is O=C(O)C1N=NC1(Cc1ccccc1)C(=O)O. The van der Waals surface area contributed by atoms with Gasteiger partial charge in [0.15, 0.2) is 0 Å². The van der Waals surface area contributed by atoms with E-state index < -0.39 is 23.5 Å². The fraction of sp³-hybridized carbons (Fsp3) is 0.273. The van der Waals surface area contributed by atoms with Gasteiger partial charge in [-0.25, -0.2) is 9.59 Å². The molecule has 0 saturated heterocycles. The zero-order valence-electron chi connectivity index (χ0n) is 8.78. The molecule has 17 heavy (non-hydrogen) atoms. The minimum Gasteiger partial charge on any atom is -0.480 e. The highest BCUT2D eigenvalue weighted by Gasteiger charge is 2.56. The van der Waals surface area contributed by atoms with Crippen molar-refractivity contribution in [2.24, 2.45) is 10.2 Å². The Morgan fingerprint density at radius 1 is 1.24 bits per heavy atom. The van der Waals surface area contributed by atoms with Gasteiger partial charge in [-0.05, 0) is 5.56 Å². The van der Waals surface area contributed by atoms with Gasteiger partial charge in [-0.1, -0.05) is 30.3 Å². The van der Waals surface area contributed by atoms with E-state index in [0.717, 1.165) is 5.56 Å². The monoisotopic (exact) mass is 234 g/mol. The zero-order valence-corrected chi connectivity index (χ0v) is 8.78. The molecule has 0 fully saturated rings. The summed E-state index contributed by atoms with van der Waals surface area (Å²) in [5.74, 6) is -2.53. The van der Waals surface area contributed by atoms with Crippen LogP contribution in [0.3, 0.4) is 0 Å². The van der Waals surface area contributed by atoms with Crippen molar-refractivity contribution in [3.63, 3.8) is 0 Å². The first-order valence-corrected chi connectivity index (χ1v) is 4.98. The van der Waals surface area contributed by atoms with Crippen LogP contribution < -0.4 is 0 Å². The normalized spacial score (nSPS) is 26.2. The van der Waals surface area contributed by atoms with Gasteiger partial charge in [0.2, 0.25) is 11.6 Å². The molecule has 2 N–H and O–H groups in total. The maximum atomic E-state index is 11.2. The molecule has 1 aromatic carbocycles. The van der Waals surface area contributed by atoms with E-state index in [9.17, 15) is 9.59 Å². The number of carbonyl (C=O) groups is 2. The van der Waals surface area contributed by atoms with Gasteiger partial charge < -0.3 is 10.2 Å². The lowest BCUT2D eigenvalue weighted by atomic mass is 9.82. The van der Waals surface area contributed by atoms with E-state index in [1.165, 1.54) is 0 Å². The van der Waals surface area contributed by atoms with Crippen LogP contribution in [0.1, 0.15) is 5.56 Å². The molecule has 0 saturated carbocycles. The number of hydrogen-bond acceptors (Lipinski definition) is 4. The van der Waals surface area contributed by atoms with E-state index in [-0.39, 0.29) is 6.42 Å². The number of carboxylic acids is 2. The molecule has 0 radical (unpaired) electrons. The number of carboxylic acid groups (broad SMARTS) is 2. The summed E-state index contributed by atoms with van der Waals surface area (Å²) in [7, 11) is 0. The lowest BCUT2D eigenvalue weighted by Crippen LogP contribution is -2.57. The molecule has 2 unspecified atom stereocenters. The van der Waals surface area contributed by atoms with Gasteiger partial charge in [0, 0.05) is 6.42 Å². The summed E-state index contributed by atoms with van der Waals surface area (Å²) >= 11 is 0. The van der Waals surface area contributed by atoms with E-state index in [1.54, 1.807) is 30.3 Å². The van der Waals surface area contributed by atoms with E-state index in [2.05, 4.69) is 10.2 Å². The number of nitrogens with zero attached hydrogens (tertiary/aromatic N) is 2. The minimum atomic E-state index is -1.66. The van der Waals surface area contributed by atoms with Crippen molar-refractivity contribution in [3.05, 3.63) is 35.9 Å². The van der Waals surface area contributed by atoms with Crippen LogP contribution in [0.2, 0.25) is 0 Å². The summed E-state index contributed by atoms with van der Waals surface area (Å²) in [6, 6.07) is 7.48. The molecule has 6 heteroatoms. The third-order valence-electron chi connectivity index (χ3n) is 2.72. The average molecular weight is 234 g/mol. The molecule has 2 rings (SSSR count). The van der Waals surface area contributed by atoms with Gasteiger partial charge in [0.05, 0.1) is 0 Å². The molecule has 2 atom stereocenters. The molecule has 6 nitrogen and oxygen atoms in total. The van der Waals surface area contributed by atoms with Crippen LogP contribution in [-0.4, -0.2) is 33.7 Å². The first-order valence-electron chi connectivity index (χ1n) is 4.98. The predicted molar refractivity (Wildman–Crippen MR) is 56.8 cm³/mol. The molecule has 0 spiro atoms. The molecule has 1 heterocycles. The molecular formula is C11H10N2O4. The Bertz CT molecular complexity index is 486. The van der Waals surface area contributed by atoms with Crippen LogP contribution in [-0.2, 0) is 16.0 Å². The van der Waals surface area contributed by atoms with Crippen LogP contribution >= 0.6 is 0 Å². The first-order chi connectivity index (χ1) is 8.06. The lowest BCUT2D eigenvalue weighted by molar-refractivity contribution is -0.155. The third kappa shape index (κ3) is 1.77. The maximum Gasteiger partial charge on any atom is 0.336 e. The molecule has 1 aliphatic heterocycles. The lowest BCUT2D eigenvalue weighted by Gasteiger charge is -2.33. The van der Waals surface area contributed by atoms with E-state index in [4.69, 9.17) is 10.2 Å². The quantitative estimate of drug-likeness (QED) is 0.810. The second kappa shape index (κ2) is 3.97. The zero-order chi connectivity index (χ0) is 12.5. The van der Waals surface area contributed by atoms with Crippen LogP contribution in [0.5, 0.6) is 0 Å². The molecule has 1 aromatic rings. The number of benzene rings is 1. The summed E-state index contributed by atoms with van der Waals surface area (Å²) in [6.45, 7) is 0. The fourth-order valence-corrected chi connectivity index (χ4v) is 1.78. The Labute approximate surface area is 96.6 Å². The molecule has 0 bridgehead atoms. The number of rotatable bonds is 4. The topological polar surface area (TPSA) is 99.3 Å². The van der Waals surface area contributed by atoms with Gasteiger partial charge >= 0.3 is 11.9 Å². The summed E-state index contributed by atoms with van der Waals surface area (Å²) in [4.78, 5) is 22.1. The van der Waals surface area contributed by atoms with Gasteiger partial charge in [-0.2, -0.15) is 10.2 Å². The van der Waals surface area contributed by atoms with Gasteiger partial charge in [-0.15, -0.1) is 0 Å². The van der Waals surface area contributed by atoms with E-state index in [1.807, 2.05) is 0 Å². The van der Waals surface area contributed by atoms with Crippen LogP contribution in [0.25, 0.3) is 0 Å². The second-order valence-electron chi connectivity index (χ2n) is 3.85. The first kappa shape index (κ1) is 11.3. The van der Waals surface area contributed by atoms with Gasteiger partial charge in [-0.3, -0.25) is 0 Å². The maximum absolute atomic E-state index is 11.2. The second-order valence-corrected chi connectivity index (χ2v) is 3.85. The average Bonchev–Trinajstić information content (AvgIpc) is 2.24. The van der Waals surface area contributed by atoms with E-state index in [0.29, 0.717) is 0 Å². The summed E-state index contributed by atoms with van der Waals surface area (Å²) < 4.78 is 0. The summed E-state index contributed by atoms with van der Waals surface area (Å²) in [5, 5.41) is 25.0. The van der Waals surface area contributed by atoms with Crippen LogP contribution in [0.4, 0.5) is 0 Å². The smallest absolute Gasteiger partial charge is 0.336 e. The van der Waals surface area contributed by atoms with Crippen molar-refractivity contribution < 1.29 is 19.8 Å². The molecule has 88 valence electrons. The predicted octanol–water partition coefficient (Wildman–Crippen LogP) is 0.972. The number of azo groups is 1. The van der Waals surface area contributed by atoms with Crippen LogP contribution in [0.15, 0.2) is 40.6 Å². The highest BCUT2D eigenvalue weighted by molar-refractivity contribution is 5.91. The Morgan fingerprint density at radius 2 is 1.88 bits per heavy atom. The van der Waals surface area contributed by atoms with Crippen molar-refractivity contribution in [2.45, 2.75) is 18.0 Å². The molecule has 0 aromatic heterocycles. The third-order valence-corrected chi connectivity index (χ3v) is 2.72. The van der Waals surface area contributed by atoms with Crippen molar-refractivity contribution in [1.29, 1.82) is 0 Å². The highest BCUT2D eigenvalue weighted by Crippen LogP contribution is 2.33. The Balaban J connectivity index is 2.29. The van der Waals surface area contributed by atoms with Crippen molar-refractivity contribution in [2.75, 3.05) is 0 Å². The molecular weight excluding hydrogens is 224 g/mol.